The third-order valence-corrected chi connectivity index (χ3v) is 5.46. The SMILES string of the molecule is Cc1ccccc1NC(=O)C1CNC2C(C1=O)C(C)NN2c1ccccc1. The molecule has 27 heavy (non-hydrogen) atoms. The van der Waals surface area contributed by atoms with E-state index in [0.29, 0.717) is 6.54 Å². The lowest BCUT2D eigenvalue weighted by Crippen LogP contribution is -2.58. The first kappa shape index (κ1) is 17.7. The van der Waals surface area contributed by atoms with Crippen LogP contribution < -0.4 is 21.1 Å². The number of ketones is 1. The maximum atomic E-state index is 13.1. The number of aryl methyl sites for hydroxylation is 1. The highest BCUT2D eigenvalue weighted by atomic mass is 16.2. The molecule has 2 aromatic rings. The van der Waals surface area contributed by atoms with E-state index in [4.69, 9.17) is 0 Å². The lowest BCUT2D eigenvalue weighted by molar-refractivity contribution is -0.136. The van der Waals surface area contributed by atoms with Crippen LogP contribution in [0.5, 0.6) is 0 Å². The summed E-state index contributed by atoms with van der Waals surface area (Å²) in [6, 6.07) is 17.5. The average molecular weight is 364 g/mol. The Bertz CT molecular complexity index is 854. The van der Waals surface area contributed by atoms with Crippen LogP contribution in [0.3, 0.4) is 0 Å². The molecule has 2 fully saturated rings. The van der Waals surface area contributed by atoms with E-state index in [-0.39, 0.29) is 29.8 Å². The van der Waals surface area contributed by atoms with Crippen molar-refractivity contribution in [1.82, 2.24) is 10.7 Å². The zero-order valence-electron chi connectivity index (χ0n) is 15.5. The molecule has 0 saturated carbocycles. The van der Waals surface area contributed by atoms with Gasteiger partial charge in [0.1, 0.15) is 12.1 Å². The smallest absolute Gasteiger partial charge is 0.236 e. The molecule has 3 N–H and O–H groups in total. The third kappa shape index (κ3) is 3.22. The van der Waals surface area contributed by atoms with Crippen LogP contribution >= 0.6 is 0 Å². The van der Waals surface area contributed by atoms with Crippen molar-refractivity contribution < 1.29 is 9.59 Å². The molecule has 4 rings (SSSR count). The van der Waals surface area contributed by atoms with Crippen molar-refractivity contribution in [3.63, 3.8) is 0 Å². The number of fused-ring (bicyclic) bond motifs is 1. The van der Waals surface area contributed by atoms with Crippen molar-refractivity contribution in [3.8, 4) is 0 Å². The van der Waals surface area contributed by atoms with Crippen LogP contribution in [0.2, 0.25) is 0 Å². The minimum Gasteiger partial charge on any atom is -0.325 e. The summed E-state index contributed by atoms with van der Waals surface area (Å²) in [6.07, 6.45) is -0.155. The number of Topliss-reactive ketones (excluding diaryl/α,β-unsaturated/α-hetero) is 1. The van der Waals surface area contributed by atoms with Gasteiger partial charge in [-0.2, -0.15) is 0 Å². The molecule has 140 valence electrons. The molecule has 0 radical (unpaired) electrons. The Morgan fingerprint density at radius 3 is 2.56 bits per heavy atom. The quantitative estimate of drug-likeness (QED) is 0.727. The van der Waals surface area contributed by atoms with Crippen molar-refractivity contribution in [2.24, 2.45) is 11.8 Å². The normalized spacial score (nSPS) is 27.3. The number of carbonyl (C=O) groups is 2. The largest absolute Gasteiger partial charge is 0.325 e. The molecule has 1 amide bonds. The van der Waals surface area contributed by atoms with Crippen LogP contribution in [0.15, 0.2) is 54.6 Å². The van der Waals surface area contributed by atoms with Crippen LogP contribution in [0, 0.1) is 18.8 Å². The molecule has 0 aliphatic carbocycles. The van der Waals surface area contributed by atoms with Gasteiger partial charge in [0.2, 0.25) is 5.91 Å². The van der Waals surface area contributed by atoms with Crippen molar-refractivity contribution in [2.45, 2.75) is 26.1 Å². The Labute approximate surface area is 158 Å². The second kappa shape index (κ2) is 7.13. The highest BCUT2D eigenvalue weighted by Gasteiger charge is 2.50. The third-order valence-electron chi connectivity index (χ3n) is 5.46. The summed E-state index contributed by atoms with van der Waals surface area (Å²) in [4.78, 5) is 25.9. The van der Waals surface area contributed by atoms with E-state index >= 15 is 0 Å². The number of benzene rings is 2. The molecule has 2 aliphatic heterocycles. The van der Waals surface area contributed by atoms with Gasteiger partial charge >= 0.3 is 0 Å². The Hall–Kier alpha value is -2.70. The summed E-state index contributed by atoms with van der Waals surface area (Å²) in [7, 11) is 0. The molecule has 4 unspecified atom stereocenters. The number of rotatable bonds is 3. The van der Waals surface area contributed by atoms with Gasteiger partial charge in [-0.3, -0.25) is 19.9 Å². The molecule has 2 aliphatic rings. The number of nitrogens with one attached hydrogen (secondary N) is 3. The Balaban J connectivity index is 1.51. The van der Waals surface area contributed by atoms with Gasteiger partial charge in [-0.05, 0) is 37.6 Å². The van der Waals surface area contributed by atoms with E-state index in [0.717, 1.165) is 16.9 Å². The molecular weight excluding hydrogens is 340 g/mol. The summed E-state index contributed by atoms with van der Waals surface area (Å²) >= 11 is 0. The fraction of sp³-hybridized carbons (Fsp3) is 0.333. The van der Waals surface area contributed by atoms with Crippen LogP contribution in [-0.4, -0.2) is 30.4 Å². The maximum Gasteiger partial charge on any atom is 0.236 e. The number of hydrogen-bond donors (Lipinski definition) is 3. The number of hydrogen-bond acceptors (Lipinski definition) is 5. The predicted molar refractivity (Wildman–Crippen MR) is 105 cm³/mol. The van der Waals surface area contributed by atoms with Gasteiger partial charge in [-0.15, -0.1) is 0 Å². The summed E-state index contributed by atoms with van der Waals surface area (Å²) in [6.45, 7) is 4.25. The molecule has 0 spiro atoms. The zero-order valence-corrected chi connectivity index (χ0v) is 15.5. The average Bonchev–Trinajstić information content (AvgIpc) is 3.02. The molecule has 6 heteroatoms. The van der Waals surface area contributed by atoms with Crippen molar-refractivity contribution >= 4 is 23.1 Å². The molecule has 2 saturated heterocycles. The monoisotopic (exact) mass is 364 g/mol. The van der Waals surface area contributed by atoms with E-state index in [1.54, 1.807) is 0 Å². The molecule has 6 nitrogen and oxygen atoms in total. The molecule has 0 bridgehead atoms. The zero-order chi connectivity index (χ0) is 19.0. The Morgan fingerprint density at radius 2 is 1.81 bits per heavy atom. The molecule has 2 heterocycles. The lowest BCUT2D eigenvalue weighted by Gasteiger charge is -2.35. The van der Waals surface area contributed by atoms with Gasteiger partial charge in [0.05, 0.1) is 11.6 Å². The number of hydrazine groups is 1. The molecule has 2 aromatic carbocycles. The second-order valence-electron chi connectivity index (χ2n) is 7.26. The van der Waals surface area contributed by atoms with Crippen LogP contribution in [0.1, 0.15) is 12.5 Å². The molecule has 4 atom stereocenters. The fourth-order valence-electron chi connectivity index (χ4n) is 3.98. The number of anilines is 2. The number of carbonyl (C=O) groups excluding carboxylic acids is 2. The summed E-state index contributed by atoms with van der Waals surface area (Å²) < 4.78 is 0. The van der Waals surface area contributed by atoms with Gasteiger partial charge in [0.15, 0.2) is 5.78 Å². The number of amides is 1. The summed E-state index contributed by atoms with van der Waals surface area (Å²) in [5.41, 5.74) is 6.11. The van der Waals surface area contributed by atoms with E-state index in [1.807, 2.05) is 73.5 Å². The van der Waals surface area contributed by atoms with Gasteiger partial charge < -0.3 is 5.32 Å². The highest BCUT2D eigenvalue weighted by Crippen LogP contribution is 2.32. The minimum atomic E-state index is -0.689. The topological polar surface area (TPSA) is 73.5 Å². The van der Waals surface area contributed by atoms with Crippen LogP contribution in [0.25, 0.3) is 0 Å². The summed E-state index contributed by atoms with van der Waals surface area (Å²) in [5.74, 6) is -1.23. The van der Waals surface area contributed by atoms with E-state index in [1.165, 1.54) is 0 Å². The van der Waals surface area contributed by atoms with Crippen molar-refractivity contribution in [1.29, 1.82) is 0 Å². The standard InChI is InChI=1S/C21H24N4O2/c1-13-8-6-7-11-17(13)23-21(27)16-12-22-20-18(19(16)26)14(2)24-25(20)15-9-4-3-5-10-15/h3-11,14,16,18,20,22,24H,12H2,1-2H3,(H,23,27). The van der Waals surface area contributed by atoms with Crippen molar-refractivity contribution in [2.75, 3.05) is 16.9 Å². The van der Waals surface area contributed by atoms with Crippen LogP contribution in [-0.2, 0) is 9.59 Å². The van der Waals surface area contributed by atoms with Gasteiger partial charge in [0, 0.05) is 18.3 Å². The first-order valence-electron chi connectivity index (χ1n) is 9.30. The maximum absolute atomic E-state index is 13.1. The first-order chi connectivity index (χ1) is 13.1. The Morgan fingerprint density at radius 1 is 1.11 bits per heavy atom. The second-order valence-corrected chi connectivity index (χ2v) is 7.26. The van der Waals surface area contributed by atoms with Gasteiger partial charge in [-0.25, -0.2) is 5.43 Å². The molecular formula is C21H24N4O2. The Kier molecular flexibility index (Phi) is 4.68. The fourth-order valence-corrected chi connectivity index (χ4v) is 3.98. The van der Waals surface area contributed by atoms with Crippen molar-refractivity contribution in [3.05, 3.63) is 60.2 Å². The number of para-hydroxylation sites is 2. The predicted octanol–water partition coefficient (Wildman–Crippen LogP) is 2.08. The number of nitrogens with zero attached hydrogens (tertiary/aromatic N) is 1. The van der Waals surface area contributed by atoms with Crippen LogP contribution in [0.4, 0.5) is 11.4 Å². The minimum absolute atomic E-state index is 0.0109. The number of piperidine rings is 1. The first-order valence-corrected chi connectivity index (χ1v) is 9.30. The van der Waals surface area contributed by atoms with E-state index in [2.05, 4.69) is 16.1 Å². The van der Waals surface area contributed by atoms with Gasteiger partial charge in [0.25, 0.3) is 0 Å². The van der Waals surface area contributed by atoms with E-state index in [9.17, 15) is 9.59 Å². The highest BCUT2D eigenvalue weighted by molar-refractivity contribution is 6.09. The van der Waals surface area contributed by atoms with E-state index < -0.39 is 5.92 Å². The summed E-state index contributed by atoms with van der Waals surface area (Å²) in [5, 5.41) is 8.32. The van der Waals surface area contributed by atoms with Gasteiger partial charge in [-0.1, -0.05) is 36.4 Å². The lowest BCUT2D eigenvalue weighted by atomic mass is 9.83. The molecule has 0 aromatic heterocycles.